The highest BCUT2D eigenvalue weighted by Crippen LogP contribution is 2.66. The van der Waals surface area contributed by atoms with Gasteiger partial charge in [0.2, 0.25) is 11.8 Å². The first-order valence-corrected chi connectivity index (χ1v) is 10.4. The number of para-hydroxylation sites is 1. The summed E-state index contributed by atoms with van der Waals surface area (Å²) in [6.07, 6.45) is 0. The molecule has 2 amide bonds. The minimum Gasteiger partial charge on any atom is -0.273 e. The molecular weight excluding hydrogens is 405 g/mol. The summed E-state index contributed by atoms with van der Waals surface area (Å²) in [6, 6.07) is 13.6. The fraction of sp³-hybridized carbons (Fsp3) is 0.158. The number of benzene rings is 2. The Labute approximate surface area is 168 Å². The van der Waals surface area contributed by atoms with Crippen molar-refractivity contribution in [1.82, 2.24) is 0 Å². The van der Waals surface area contributed by atoms with Gasteiger partial charge in [-0.1, -0.05) is 51.4 Å². The Kier molecular flexibility index (Phi) is 5.29. The number of carbonyl (C=O) groups excluding carboxylic acids is 2. The molecule has 0 aromatic heterocycles. The Morgan fingerprint density at radius 1 is 1.22 bits per heavy atom. The molecule has 1 heterocycles. The summed E-state index contributed by atoms with van der Waals surface area (Å²) in [6.45, 7) is 2.96. The van der Waals surface area contributed by atoms with Crippen molar-refractivity contribution in [2.45, 2.75) is 24.0 Å². The highest BCUT2D eigenvalue weighted by atomic mass is 35.5. The molecule has 0 radical (unpaired) electrons. The van der Waals surface area contributed by atoms with Crippen molar-refractivity contribution in [2.75, 3.05) is 4.90 Å². The lowest BCUT2D eigenvalue weighted by Crippen LogP contribution is -2.31. The number of halogens is 2. The molecule has 0 bridgehead atoms. The van der Waals surface area contributed by atoms with E-state index in [0.717, 1.165) is 0 Å². The third kappa shape index (κ3) is 3.12. The first-order chi connectivity index (χ1) is 12.8. The molecule has 0 saturated carbocycles. The van der Waals surface area contributed by atoms with Gasteiger partial charge in [-0.05, 0) is 37.3 Å². The van der Waals surface area contributed by atoms with E-state index in [1.807, 2.05) is 6.07 Å². The van der Waals surface area contributed by atoms with Crippen LogP contribution in [0.25, 0.3) is 0 Å². The Morgan fingerprint density at radius 3 is 2.44 bits per heavy atom. The Bertz CT molecular complexity index is 1000. The van der Waals surface area contributed by atoms with Crippen molar-refractivity contribution in [1.29, 1.82) is 5.26 Å². The van der Waals surface area contributed by atoms with Crippen molar-refractivity contribution < 1.29 is 9.59 Å². The van der Waals surface area contributed by atoms with Crippen LogP contribution in [-0.4, -0.2) is 22.2 Å². The molecule has 0 aliphatic carbocycles. The molecule has 1 aliphatic heterocycles. The second-order valence-corrected chi connectivity index (χ2v) is 9.75. The van der Waals surface area contributed by atoms with E-state index in [0.29, 0.717) is 15.6 Å². The number of amidine groups is 1. The van der Waals surface area contributed by atoms with E-state index in [9.17, 15) is 14.9 Å². The van der Waals surface area contributed by atoms with Gasteiger partial charge in [-0.15, -0.1) is 0 Å². The molecule has 8 heteroatoms. The number of hydrogen-bond acceptors (Lipinski definition) is 3. The van der Waals surface area contributed by atoms with Gasteiger partial charge in [-0.3, -0.25) is 14.5 Å². The minimum atomic E-state index is -2.67. The zero-order chi connectivity index (χ0) is 19.8. The molecule has 5 nitrogen and oxygen atoms in total. The molecule has 2 atom stereocenters. The number of nitrogens with zero attached hydrogens (tertiary/aromatic N) is 3. The molecule has 138 valence electrons. The van der Waals surface area contributed by atoms with Gasteiger partial charge in [-0.2, -0.15) is 10.3 Å². The lowest BCUT2D eigenvalue weighted by atomic mass is 10.3. The lowest BCUT2D eigenvalue weighted by Gasteiger charge is -2.32. The van der Waals surface area contributed by atoms with E-state index in [-0.39, 0.29) is 16.1 Å². The monoisotopic (exact) mass is 419 g/mol. The maximum atomic E-state index is 13.2. The van der Waals surface area contributed by atoms with E-state index in [2.05, 4.69) is 10.4 Å². The Morgan fingerprint density at radius 2 is 1.89 bits per heavy atom. The SMILES string of the molecule is CC(=O)N=C1N(c2ccccc2)C(=O)C(C)S1(C#N)c1ccc(Cl)cc1Cl. The summed E-state index contributed by atoms with van der Waals surface area (Å²) >= 11 is 12.4. The maximum absolute atomic E-state index is 13.2. The third-order valence-corrected chi connectivity index (χ3v) is 8.34. The molecule has 1 aliphatic rings. The van der Waals surface area contributed by atoms with Crippen molar-refractivity contribution in [3.63, 3.8) is 0 Å². The van der Waals surface area contributed by atoms with Gasteiger partial charge in [0.15, 0.2) is 5.17 Å². The van der Waals surface area contributed by atoms with E-state index < -0.39 is 21.2 Å². The van der Waals surface area contributed by atoms with Crippen LogP contribution in [0.2, 0.25) is 10.0 Å². The van der Waals surface area contributed by atoms with Gasteiger partial charge < -0.3 is 0 Å². The molecule has 3 rings (SSSR count). The Balaban J connectivity index is 2.34. The van der Waals surface area contributed by atoms with Gasteiger partial charge in [0, 0.05) is 16.8 Å². The zero-order valence-corrected chi connectivity index (χ0v) is 16.8. The highest BCUT2D eigenvalue weighted by molar-refractivity contribution is 8.50. The molecule has 0 N–H and O–H groups in total. The van der Waals surface area contributed by atoms with Crippen molar-refractivity contribution in [3.8, 4) is 5.40 Å². The number of anilines is 1. The normalized spacial score (nSPS) is 25.9. The van der Waals surface area contributed by atoms with Crippen molar-refractivity contribution >= 4 is 55.9 Å². The van der Waals surface area contributed by atoms with Gasteiger partial charge in [0.25, 0.3) is 0 Å². The molecule has 2 aromatic rings. The fourth-order valence-corrected chi connectivity index (χ4v) is 6.81. The number of aliphatic imine (C=N–C) groups is 1. The largest absolute Gasteiger partial charge is 0.273 e. The Hall–Kier alpha value is -2.33. The van der Waals surface area contributed by atoms with Gasteiger partial charge in [-0.25, -0.2) is 0 Å². The van der Waals surface area contributed by atoms with Crippen LogP contribution in [0.15, 0.2) is 58.4 Å². The van der Waals surface area contributed by atoms with Crippen LogP contribution >= 0.6 is 33.2 Å². The summed E-state index contributed by atoms with van der Waals surface area (Å²) in [5.41, 5.74) is 0.545. The average Bonchev–Trinajstić information content (AvgIpc) is 2.83. The summed E-state index contributed by atoms with van der Waals surface area (Å²) in [5, 5.41) is 12.6. The van der Waals surface area contributed by atoms with Crippen LogP contribution in [0.3, 0.4) is 0 Å². The number of amides is 2. The second kappa shape index (κ2) is 7.35. The molecular formula is C19H15Cl2N3O2S. The molecule has 1 saturated heterocycles. The predicted octanol–water partition coefficient (Wildman–Crippen LogP) is 4.98. The van der Waals surface area contributed by atoms with E-state index in [4.69, 9.17) is 23.2 Å². The van der Waals surface area contributed by atoms with Gasteiger partial charge in [0.05, 0.1) is 16.0 Å². The lowest BCUT2D eigenvalue weighted by molar-refractivity contribution is -0.116. The average molecular weight is 420 g/mol. The quantitative estimate of drug-likeness (QED) is 0.644. The first-order valence-electron chi connectivity index (χ1n) is 7.99. The standard InChI is InChI=1S/C19H15Cl2N3O2S/c1-12-18(26)24(15-6-4-3-5-7-15)19(23-13(2)25)27(12,11-22)17-9-8-14(20)10-16(17)21/h3-10,12H,1-2H3. The molecule has 0 spiro atoms. The predicted molar refractivity (Wildman–Crippen MR) is 109 cm³/mol. The van der Waals surface area contributed by atoms with Crippen LogP contribution in [0.4, 0.5) is 5.69 Å². The van der Waals surface area contributed by atoms with Gasteiger partial charge >= 0.3 is 0 Å². The molecule has 2 unspecified atom stereocenters. The number of hydrogen-bond donors (Lipinski definition) is 0. The van der Waals surface area contributed by atoms with E-state index in [1.165, 1.54) is 17.9 Å². The third-order valence-electron chi connectivity index (χ3n) is 4.23. The number of carbonyl (C=O) groups is 2. The van der Waals surface area contributed by atoms with Crippen LogP contribution in [-0.2, 0) is 9.59 Å². The second-order valence-electron chi connectivity index (χ2n) is 5.89. The number of nitriles is 1. The molecule has 1 fully saturated rings. The highest BCUT2D eigenvalue weighted by Gasteiger charge is 2.55. The molecule has 27 heavy (non-hydrogen) atoms. The first kappa shape index (κ1) is 19.4. The summed E-state index contributed by atoms with van der Waals surface area (Å²) in [7, 11) is -2.67. The van der Waals surface area contributed by atoms with Crippen LogP contribution in [0.1, 0.15) is 13.8 Å². The fourth-order valence-electron chi connectivity index (χ4n) is 3.00. The van der Waals surface area contributed by atoms with Crippen molar-refractivity contribution in [3.05, 3.63) is 58.6 Å². The van der Waals surface area contributed by atoms with E-state index in [1.54, 1.807) is 43.3 Å². The van der Waals surface area contributed by atoms with E-state index >= 15 is 0 Å². The summed E-state index contributed by atoms with van der Waals surface area (Å²) in [4.78, 5) is 31.0. The van der Waals surface area contributed by atoms with Crippen molar-refractivity contribution in [2.24, 2.45) is 4.99 Å². The topological polar surface area (TPSA) is 73.5 Å². The van der Waals surface area contributed by atoms with Crippen LogP contribution < -0.4 is 4.90 Å². The summed E-state index contributed by atoms with van der Waals surface area (Å²) < 4.78 is 0. The smallest absolute Gasteiger partial charge is 0.246 e. The van der Waals surface area contributed by atoms with Gasteiger partial charge in [0.1, 0.15) is 5.40 Å². The number of thiocyanates is 1. The molecule has 2 aromatic carbocycles. The maximum Gasteiger partial charge on any atom is 0.246 e. The minimum absolute atomic E-state index is 0.130. The van der Waals surface area contributed by atoms with Crippen LogP contribution in [0, 0.1) is 10.7 Å². The van der Waals surface area contributed by atoms with Crippen LogP contribution in [0.5, 0.6) is 0 Å². The number of rotatable bonds is 2. The zero-order valence-electron chi connectivity index (χ0n) is 14.5. The summed E-state index contributed by atoms with van der Waals surface area (Å²) in [5.74, 6) is -0.797.